The Hall–Kier alpha value is -1.55. The van der Waals surface area contributed by atoms with E-state index in [0.717, 1.165) is 0 Å². The summed E-state index contributed by atoms with van der Waals surface area (Å²) in [5.74, 6) is 1.10. The van der Waals surface area contributed by atoms with Crippen molar-refractivity contribution in [3.05, 3.63) is 35.7 Å². The van der Waals surface area contributed by atoms with Crippen LogP contribution in [0.5, 0.6) is 11.6 Å². The fourth-order valence-corrected chi connectivity index (χ4v) is 1.17. The van der Waals surface area contributed by atoms with Crippen molar-refractivity contribution in [3.8, 4) is 11.6 Å². The van der Waals surface area contributed by atoms with E-state index >= 15 is 0 Å². The maximum atomic E-state index is 5.70. The van der Waals surface area contributed by atoms with Gasteiger partial charge in [-0.15, -0.1) is 0 Å². The Balaban J connectivity index is 2.18. The van der Waals surface area contributed by atoms with Gasteiger partial charge < -0.3 is 4.74 Å². The van der Waals surface area contributed by atoms with E-state index in [-0.39, 0.29) is 0 Å². The Kier molecular flexibility index (Phi) is 2.37. The quantitative estimate of drug-likeness (QED) is 0.713. The van der Waals surface area contributed by atoms with Crippen molar-refractivity contribution in [2.75, 3.05) is 0 Å². The van der Waals surface area contributed by atoms with Gasteiger partial charge in [0, 0.05) is 13.1 Å². The largest absolute Gasteiger partial charge is 0.436 e. The smallest absolute Gasteiger partial charge is 0.220 e. The Bertz CT molecular complexity index is 441. The van der Waals surface area contributed by atoms with Gasteiger partial charge in [-0.1, -0.05) is 17.7 Å². The average molecular weight is 210 g/mol. The summed E-state index contributed by atoms with van der Waals surface area (Å²) < 4.78 is 7.05. The summed E-state index contributed by atoms with van der Waals surface area (Å²) in [7, 11) is 1.82. The Labute approximate surface area is 86.1 Å². The fourth-order valence-electron chi connectivity index (χ4n) is 1.02. The lowest BCUT2D eigenvalue weighted by molar-refractivity contribution is 0.462. The van der Waals surface area contributed by atoms with Crippen molar-refractivity contribution >= 4 is 11.6 Å². The third-order valence-electron chi connectivity index (χ3n) is 1.59. The summed E-state index contributed by atoms with van der Waals surface area (Å²) in [5.41, 5.74) is 0. The highest BCUT2D eigenvalue weighted by Crippen LogP contribution is 2.19. The first kappa shape index (κ1) is 9.02. The summed E-state index contributed by atoms with van der Waals surface area (Å²) in [6, 6.07) is 5.21. The first-order valence-corrected chi connectivity index (χ1v) is 4.41. The molecule has 2 rings (SSSR count). The molecule has 0 radical (unpaired) electrons. The minimum atomic E-state index is 0.409. The first-order valence-electron chi connectivity index (χ1n) is 4.03. The molecule has 0 fully saturated rings. The van der Waals surface area contributed by atoms with Crippen molar-refractivity contribution in [1.29, 1.82) is 0 Å². The second-order valence-corrected chi connectivity index (χ2v) is 3.14. The van der Waals surface area contributed by atoms with Crippen molar-refractivity contribution in [1.82, 2.24) is 14.8 Å². The molecule has 2 heterocycles. The second kappa shape index (κ2) is 3.67. The number of pyridine rings is 1. The van der Waals surface area contributed by atoms with Crippen molar-refractivity contribution < 1.29 is 4.74 Å². The maximum absolute atomic E-state index is 5.70. The molecule has 0 unspecified atom stereocenters. The normalized spacial score (nSPS) is 10.1. The molecule has 72 valence electrons. The molecule has 0 aliphatic carbocycles. The minimum Gasteiger partial charge on any atom is -0.436 e. The number of hydrogen-bond acceptors (Lipinski definition) is 3. The summed E-state index contributed by atoms with van der Waals surface area (Å²) in [6.07, 6.45) is 3.37. The lowest BCUT2D eigenvalue weighted by atomic mass is 10.5. The monoisotopic (exact) mass is 209 g/mol. The minimum absolute atomic E-state index is 0.409. The third kappa shape index (κ3) is 2.03. The number of nitrogens with zero attached hydrogens (tertiary/aromatic N) is 3. The molecular weight excluding hydrogens is 202 g/mol. The SMILES string of the molecule is Cn1cc(Oc2cccc(Cl)n2)cn1. The molecule has 4 nitrogen and oxygen atoms in total. The fraction of sp³-hybridized carbons (Fsp3) is 0.111. The number of aromatic nitrogens is 3. The van der Waals surface area contributed by atoms with Gasteiger partial charge in [-0.3, -0.25) is 4.68 Å². The predicted molar refractivity (Wildman–Crippen MR) is 52.5 cm³/mol. The van der Waals surface area contributed by atoms with Crippen molar-refractivity contribution in [3.63, 3.8) is 0 Å². The van der Waals surface area contributed by atoms with Crippen molar-refractivity contribution in [2.24, 2.45) is 7.05 Å². The number of aryl methyl sites for hydroxylation is 1. The molecular formula is C9H8ClN3O. The first-order chi connectivity index (χ1) is 6.74. The lowest BCUT2D eigenvalue weighted by Crippen LogP contribution is -1.86. The van der Waals surface area contributed by atoms with Crippen LogP contribution in [0.4, 0.5) is 0 Å². The standard InChI is InChI=1S/C9H8ClN3O/c1-13-6-7(5-11-13)14-9-4-2-3-8(10)12-9/h2-6H,1H3. The summed E-state index contributed by atoms with van der Waals surface area (Å²) in [5, 5.41) is 4.37. The molecule has 0 bridgehead atoms. The molecule has 2 aromatic heterocycles. The van der Waals surface area contributed by atoms with Crippen LogP contribution in [0.3, 0.4) is 0 Å². The lowest BCUT2D eigenvalue weighted by Gasteiger charge is -2.00. The molecule has 0 N–H and O–H groups in total. The summed E-state index contributed by atoms with van der Waals surface area (Å²) in [4.78, 5) is 3.98. The molecule has 0 amide bonds. The van der Waals surface area contributed by atoms with E-state index in [1.807, 2.05) is 7.05 Å². The van der Waals surface area contributed by atoms with E-state index < -0.39 is 0 Å². The van der Waals surface area contributed by atoms with Crippen LogP contribution in [-0.4, -0.2) is 14.8 Å². The zero-order chi connectivity index (χ0) is 9.97. The van der Waals surface area contributed by atoms with E-state index in [2.05, 4.69) is 10.1 Å². The van der Waals surface area contributed by atoms with Gasteiger partial charge in [0.05, 0.1) is 12.4 Å². The highest BCUT2D eigenvalue weighted by Gasteiger charge is 2.00. The molecule has 0 aliphatic rings. The molecule has 0 aromatic carbocycles. The molecule has 0 spiro atoms. The van der Waals surface area contributed by atoms with Crippen LogP contribution < -0.4 is 4.74 Å². The van der Waals surface area contributed by atoms with E-state index in [9.17, 15) is 0 Å². The average Bonchev–Trinajstić information content (AvgIpc) is 2.51. The number of ether oxygens (including phenoxy) is 1. The van der Waals surface area contributed by atoms with Crippen LogP contribution in [0.25, 0.3) is 0 Å². The van der Waals surface area contributed by atoms with Gasteiger partial charge in [0.2, 0.25) is 5.88 Å². The zero-order valence-corrected chi connectivity index (χ0v) is 8.27. The van der Waals surface area contributed by atoms with E-state index in [1.165, 1.54) is 0 Å². The van der Waals surface area contributed by atoms with Crippen LogP contribution in [0, 0.1) is 0 Å². The van der Waals surface area contributed by atoms with Crippen LogP contribution in [-0.2, 0) is 7.05 Å². The van der Waals surface area contributed by atoms with Gasteiger partial charge >= 0.3 is 0 Å². The van der Waals surface area contributed by atoms with Crippen LogP contribution >= 0.6 is 11.6 Å². The number of hydrogen-bond donors (Lipinski definition) is 0. The van der Waals surface area contributed by atoms with Crippen molar-refractivity contribution in [2.45, 2.75) is 0 Å². The summed E-state index contributed by atoms with van der Waals surface area (Å²) in [6.45, 7) is 0. The van der Waals surface area contributed by atoms with Gasteiger partial charge in [0.25, 0.3) is 0 Å². The molecule has 2 aromatic rings. The predicted octanol–water partition coefficient (Wildman–Crippen LogP) is 2.26. The third-order valence-corrected chi connectivity index (χ3v) is 1.80. The van der Waals surface area contributed by atoms with Gasteiger partial charge in [-0.05, 0) is 6.07 Å². The van der Waals surface area contributed by atoms with Gasteiger partial charge in [-0.2, -0.15) is 5.10 Å². The Morgan fingerprint density at radius 2 is 2.29 bits per heavy atom. The van der Waals surface area contributed by atoms with Crippen LogP contribution in [0.1, 0.15) is 0 Å². The van der Waals surface area contributed by atoms with Gasteiger partial charge in [-0.25, -0.2) is 4.98 Å². The Morgan fingerprint density at radius 3 is 2.93 bits per heavy atom. The highest BCUT2D eigenvalue weighted by molar-refractivity contribution is 6.29. The van der Waals surface area contributed by atoms with E-state index in [4.69, 9.17) is 16.3 Å². The topological polar surface area (TPSA) is 39.9 Å². The number of halogens is 1. The van der Waals surface area contributed by atoms with Crippen LogP contribution in [0.2, 0.25) is 5.15 Å². The molecule has 0 saturated carbocycles. The van der Waals surface area contributed by atoms with E-state index in [0.29, 0.717) is 16.8 Å². The van der Waals surface area contributed by atoms with Gasteiger partial charge in [0.1, 0.15) is 5.15 Å². The molecule has 14 heavy (non-hydrogen) atoms. The second-order valence-electron chi connectivity index (χ2n) is 2.75. The van der Waals surface area contributed by atoms with Gasteiger partial charge in [0.15, 0.2) is 5.75 Å². The van der Waals surface area contributed by atoms with E-state index in [1.54, 1.807) is 35.3 Å². The number of rotatable bonds is 2. The molecule has 0 aliphatic heterocycles. The highest BCUT2D eigenvalue weighted by atomic mass is 35.5. The maximum Gasteiger partial charge on any atom is 0.220 e. The molecule has 5 heteroatoms. The zero-order valence-electron chi connectivity index (χ0n) is 7.51. The summed E-state index contributed by atoms with van der Waals surface area (Å²) >= 11 is 5.70. The van der Waals surface area contributed by atoms with Crippen LogP contribution in [0.15, 0.2) is 30.6 Å². The molecule has 0 saturated heterocycles. The Morgan fingerprint density at radius 1 is 1.43 bits per heavy atom. The molecule has 0 atom stereocenters.